The summed E-state index contributed by atoms with van der Waals surface area (Å²) in [5.41, 5.74) is 7.77. The van der Waals surface area contributed by atoms with Crippen molar-refractivity contribution in [3.63, 3.8) is 0 Å². The molecule has 1 heterocycles. The first-order valence-electron chi connectivity index (χ1n) is 5.20. The number of furan rings is 1. The zero-order valence-electron chi connectivity index (χ0n) is 9.33. The number of nitrogens with two attached hydrogens (primary N) is 1. The average Bonchev–Trinajstić information content (AvgIpc) is 2.66. The van der Waals surface area contributed by atoms with Crippen molar-refractivity contribution in [2.45, 2.75) is 19.9 Å². The summed E-state index contributed by atoms with van der Waals surface area (Å²) in [7, 11) is 0. The SMILES string of the molecule is Cc1ccc(-c2ccc(C(C)N)o2)c(Cl)c1. The predicted octanol–water partition coefficient (Wildman–Crippen LogP) is 3.93. The number of rotatable bonds is 2. The molecule has 0 saturated heterocycles. The molecule has 1 aromatic carbocycles. The molecule has 1 unspecified atom stereocenters. The summed E-state index contributed by atoms with van der Waals surface area (Å²) in [4.78, 5) is 0. The van der Waals surface area contributed by atoms with Gasteiger partial charge >= 0.3 is 0 Å². The van der Waals surface area contributed by atoms with Crippen LogP contribution in [-0.4, -0.2) is 0 Å². The second-order valence-electron chi connectivity index (χ2n) is 3.97. The Kier molecular flexibility index (Phi) is 3.03. The molecular weight excluding hydrogens is 222 g/mol. The summed E-state index contributed by atoms with van der Waals surface area (Å²) in [5, 5.41) is 0.700. The number of halogens is 1. The maximum Gasteiger partial charge on any atom is 0.135 e. The van der Waals surface area contributed by atoms with Gasteiger partial charge < -0.3 is 10.2 Å². The Morgan fingerprint density at radius 3 is 2.56 bits per heavy atom. The van der Waals surface area contributed by atoms with E-state index < -0.39 is 0 Å². The summed E-state index contributed by atoms with van der Waals surface area (Å²) >= 11 is 6.16. The lowest BCUT2D eigenvalue weighted by atomic mass is 10.1. The molecular formula is C13H14ClNO. The van der Waals surface area contributed by atoms with Gasteiger partial charge in [-0.1, -0.05) is 17.7 Å². The maximum atomic E-state index is 6.16. The van der Waals surface area contributed by atoms with E-state index in [2.05, 4.69) is 0 Å². The highest BCUT2D eigenvalue weighted by molar-refractivity contribution is 6.33. The lowest BCUT2D eigenvalue weighted by Gasteiger charge is -2.03. The Morgan fingerprint density at radius 1 is 1.25 bits per heavy atom. The third-order valence-electron chi connectivity index (χ3n) is 2.47. The minimum atomic E-state index is -0.0991. The first kappa shape index (κ1) is 11.2. The van der Waals surface area contributed by atoms with E-state index in [9.17, 15) is 0 Å². The Morgan fingerprint density at radius 2 is 2.00 bits per heavy atom. The monoisotopic (exact) mass is 235 g/mol. The lowest BCUT2D eigenvalue weighted by Crippen LogP contribution is -2.02. The molecule has 2 rings (SSSR count). The van der Waals surface area contributed by atoms with Gasteiger partial charge in [0.25, 0.3) is 0 Å². The molecule has 84 valence electrons. The molecule has 0 radical (unpaired) electrons. The largest absolute Gasteiger partial charge is 0.459 e. The highest BCUT2D eigenvalue weighted by atomic mass is 35.5. The van der Waals surface area contributed by atoms with Gasteiger partial charge in [-0.05, 0) is 43.7 Å². The highest BCUT2D eigenvalue weighted by Gasteiger charge is 2.10. The van der Waals surface area contributed by atoms with Crippen LogP contribution in [0, 0.1) is 6.92 Å². The molecule has 0 bridgehead atoms. The van der Waals surface area contributed by atoms with Crippen LogP contribution in [0.4, 0.5) is 0 Å². The van der Waals surface area contributed by atoms with Gasteiger partial charge in [0.15, 0.2) is 0 Å². The molecule has 0 aliphatic rings. The molecule has 0 saturated carbocycles. The van der Waals surface area contributed by atoms with Gasteiger partial charge in [-0.3, -0.25) is 0 Å². The summed E-state index contributed by atoms with van der Waals surface area (Å²) in [6, 6.07) is 9.57. The third kappa shape index (κ3) is 2.13. The predicted molar refractivity (Wildman–Crippen MR) is 66.5 cm³/mol. The second-order valence-corrected chi connectivity index (χ2v) is 4.38. The molecule has 1 aromatic heterocycles. The van der Waals surface area contributed by atoms with Crippen molar-refractivity contribution in [3.8, 4) is 11.3 Å². The first-order valence-corrected chi connectivity index (χ1v) is 5.57. The van der Waals surface area contributed by atoms with Gasteiger partial charge in [0.1, 0.15) is 11.5 Å². The van der Waals surface area contributed by atoms with E-state index in [1.165, 1.54) is 0 Å². The zero-order chi connectivity index (χ0) is 11.7. The Balaban J connectivity index is 2.42. The van der Waals surface area contributed by atoms with Gasteiger partial charge in [0.2, 0.25) is 0 Å². The van der Waals surface area contributed by atoms with Crippen LogP contribution in [0.2, 0.25) is 5.02 Å². The molecule has 0 aliphatic carbocycles. The van der Waals surface area contributed by atoms with E-state index in [-0.39, 0.29) is 6.04 Å². The normalized spacial score (nSPS) is 12.8. The second kappa shape index (κ2) is 4.32. The topological polar surface area (TPSA) is 39.2 Å². The van der Waals surface area contributed by atoms with Crippen LogP contribution in [0.1, 0.15) is 24.3 Å². The van der Waals surface area contributed by atoms with Crippen LogP contribution in [0.5, 0.6) is 0 Å². The highest BCUT2D eigenvalue weighted by Crippen LogP contribution is 2.31. The molecule has 16 heavy (non-hydrogen) atoms. The fraction of sp³-hybridized carbons (Fsp3) is 0.231. The fourth-order valence-electron chi connectivity index (χ4n) is 1.56. The van der Waals surface area contributed by atoms with E-state index in [0.717, 1.165) is 22.6 Å². The maximum absolute atomic E-state index is 6.16. The Bertz CT molecular complexity index is 502. The summed E-state index contributed by atoms with van der Waals surface area (Å²) in [6.07, 6.45) is 0. The van der Waals surface area contributed by atoms with Gasteiger partial charge in [-0.2, -0.15) is 0 Å². The van der Waals surface area contributed by atoms with Crippen molar-refractivity contribution in [3.05, 3.63) is 46.7 Å². The van der Waals surface area contributed by atoms with Crippen molar-refractivity contribution >= 4 is 11.6 Å². The standard InChI is InChI=1S/C13H14ClNO/c1-8-3-4-10(11(14)7-8)13-6-5-12(16-13)9(2)15/h3-7,9H,15H2,1-2H3. The third-order valence-corrected chi connectivity index (χ3v) is 2.78. The van der Waals surface area contributed by atoms with Crippen LogP contribution in [0.25, 0.3) is 11.3 Å². The first-order chi connectivity index (χ1) is 7.58. The van der Waals surface area contributed by atoms with E-state index in [1.807, 2.05) is 44.2 Å². The van der Waals surface area contributed by atoms with E-state index in [0.29, 0.717) is 5.02 Å². The molecule has 1 atom stereocenters. The Hall–Kier alpha value is -1.25. The van der Waals surface area contributed by atoms with Crippen LogP contribution >= 0.6 is 11.6 Å². The molecule has 0 aliphatic heterocycles. The van der Waals surface area contributed by atoms with Gasteiger partial charge in [0.05, 0.1) is 11.1 Å². The van der Waals surface area contributed by atoms with Crippen LogP contribution in [0.3, 0.4) is 0 Å². The number of hydrogen-bond donors (Lipinski definition) is 1. The minimum absolute atomic E-state index is 0.0991. The Labute approximate surface area is 100 Å². The number of benzene rings is 1. The van der Waals surface area contributed by atoms with Gasteiger partial charge in [0, 0.05) is 5.56 Å². The molecule has 2 N–H and O–H groups in total. The van der Waals surface area contributed by atoms with E-state index in [1.54, 1.807) is 0 Å². The number of aryl methyl sites for hydroxylation is 1. The fourth-order valence-corrected chi connectivity index (χ4v) is 1.89. The van der Waals surface area contributed by atoms with Crippen molar-refractivity contribution in [1.29, 1.82) is 0 Å². The number of hydrogen-bond acceptors (Lipinski definition) is 2. The van der Waals surface area contributed by atoms with Crippen LogP contribution < -0.4 is 5.73 Å². The quantitative estimate of drug-likeness (QED) is 0.857. The van der Waals surface area contributed by atoms with Crippen molar-refractivity contribution in [2.75, 3.05) is 0 Å². The molecule has 2 aromatic rings. The summed E-state index contributed by atoms with van der Waals surface area (Å²) < 4.78 is 5.64. The van der Waals surface area contributed by atoms with Crippen LogP contribution in [0.15, 0.2) is 34.7 Å². The molecule has 2 nitrogen and oxygen atoms in total. The molecule has 3 heteroatoms. The van der Waals surface area contributed by atoms with Crippen molar-refractivity contribution in [1.82, 2.24) is 0 Å². The van der Waals surface area contributed by atoms with Gasteiger partial charge in [-0.25, -0.2) is 0 Å². The molecule has 0 amide bonds. The lowest BCUT2D eigenvalue weighted by molar-refractivity contribution is 0.491. The molecule has 0 spiro atoms. The summed E-state index contributed by atoms with van der Waals surface area (Å²) in [5.74, 6) is 1.53. The van der Waals surface area contributed by atoms with E-state index in [4.69, 9.17) is 21.8 Å². The zero-order valence-corrected chi connectivity index (χ0v) is 10.1. The summed E-state index contributed by atoms with van der Waals surface area (Å²) in [6.45, 7) is 3.89. The molecule has 0 fully saturated rings. The van der Waals surface area contributed by atoms with Crippen molar-refractivity contribution < 1.29 is 4.42 Å². The van der Waals surface area contributed by atoms with Crippen LogP contribution in [-0.2, 0) is 0 Å². The minimum Gasteiger partial charge on any atom is -0.459 e. The van der Waals surface area contributed by atoms with Gasteiger partial charge in [-0.15, -0.1) is 0 Å². The van der Waals surface area contributed by atoms with E-state index >= 15 is 0 Å². The average molecular weight is 236 g/mol. The van der Waals surface area contributed by atoms with Crippen molar-refractivity contribution in [2.24, 2.45) is 5.73 Å². The smallest absolute Gasteiger partial charge is 0.135 e.